The zero-order chi connectivity index (χ0) is 9.42. The number of nitrogens with one attached hydrogen (secondary N) is 1. The van der Waals surface area contributed by atoms with Crippen molar-refractivity contribution >= 4 is 11.6 Å². The van der Waals surface area contributed by atoms with Crippen molar-refractivity contribution in [3.05, 3.63) is 34.4 Å². The highest BCUT2D eigenvalue weighted by atomic mass is 16.4. The van der Waals surface area contributed by atoms with Crippen molar-refractivity contribution in [2.75, 3.05) is 0 Å². The van der Waals surface area contributed by atoms with E-state index in [-0.39, 0.29) is 11.2 Å². The van der Waals surface area contributed by atoms with Gasteiger partial charge in [0.25, 0.3) is 0 Å². The molecule has 0 unspecified atom stereocenters. The Hall–Kier alpha value is -2.11. The van der Waals surface area contributed by atoms with Crippen LogP contribution in [0.5, 0.6) is 0 Å². The van der Waals surface area contributed by atoms with Gasteiger partial charge in [-0.2, -0.15) is 0 Å². The molecule has 13 heavy (non-hydrogen) atoms. The Balaban J connectivity index is 2.89. The first kappa shape index (κ1) is 7.53. The molecule has 2 heterocycles. The van der Waals surface area contributed by atoms with Crippen LogP contribution in [0.25, 0.3) is 5.65 Å². The number of hydrogen-bond donors (Lipinski definition) is 2. The number of rotatable bonds is 1. The maximum atomic E-state index is 11.3. The highest BCUT2D eigenvalue weighted by Gasteiger charge is 2.11. The third kappa shape index (κ3) is 0.994. The summed E-state index contributed by atoms with van der Waals surface area (Å²) in [6.45, 7) is 0. The largest absolute Gasteiger partial charge is 0.477 e. The van der Waals surface area contributed by atoms with Crippen LogP contribution in [0.15, 0.2) is 23.4 Å². The van der Waals surface area contributed by atoms with E-state index in [0.717, 1.165) is 6.20 Å². The number of nitrogens with zero attached hydrogens (tertiary/aromatic N) is 2. The number of carbonyl (C=O) groups is 1. The summed E-state index contributed by atoms with van der Waals surface area (Å²) in [7, 11) is 0. The molecule has 2 aromatic rings. The molecule has 2 N–H and O–H groups in total. The molecule has 0 bridgehead atoms. The molecule has 0 aliphatic heterocycles. The molecule has 0 saturated carbocycles. The van der Waals surface area contributed by atoms with Crippen LogP contribution in [0.3, 0.4) is 0 Å². The van der Waals surface area contributed by atoms with E-state index >= 15 is 0 Å². The molecule has 0 atom stereocenters. The topological polar surface area (TPSA) is 87.5 Å². The Kier molecular flexibility index (Phi) is 1.42. The minimum Gasteiger partial charge on any atom is -0.477 e. The van der Waals surface area contributed by atoms with E-state index in [1.165, 1.54) is 16.9 Å². The first-order chi connectivity index (χ1) is 6.20. The summed E-state index contributed by atoms with van der Waals surface area (Å²) in [6.07, 6.45) is 4.08. The highest BCUT2D eigenvalue weighted by Crippen LogP contribution is 1.94. The molecule has 2 aromatic heterocycles. The summed E-state index contributed by atoms with van der Waals surface area (Å²) in [4.78, 5) is 25.6. The Morgan fingerprint density at radius 1 is 1.62 bits per heavy atom. The van der Waals surface area contributed by atoms with Crippen LogP contribution in [-0.2, 0) is 0 Å². The molecule has 0 spiro atoms. The van der Waals surface area contributed by atoms with Gasteiger partial charge in [-0.05, 0) is 0 Å². The summed E-state index contributed by atoms with van der Waals surface area (Å²) in [5, 5.41) is 11.2. The molecule has 0 saturated heterocycles. The second-order valence-corrected chi connectivity index (χ2v) is 2.44. The van der Waals surface area contributed by atoms with Crippen molar-refractivity contribution in [3.63, 3.8) is 0 Å². The number of carboxylic acid groups (broad SMARTS) is 1. The predicted octanol–water partition coefficient (Wildman–Crippen LogP) is -0.279. The van der Waals surface area contributed by atoms with E-state index < -0.39 is 11.4 Å². The fraction of sp³-hybridized carbons (Fsp3) is 0. The van der Waals surface area contributed by atoms with Crippen molar-refractivity contribution < 1.29 is 9.90 Å². The van der Waals surface area contributed by atoms with Crippen LogP contribution in [-0.4, -0.2) is 25.7 Å². The summed E-state index contributed by atoms with van der Waals surface area (Å²) >= 11 is 0. The molecule has 0 aliphatic rings. The van der Waals surface area contributed by atoms with E-state index in [4.69, 9.17) is 5.11 Å². The second-order valence-electron chi connectivity index (χ2n) is 2.44. The number of H-pyrrole nitrogens is 1. The average Bonchev–Trinajstić information content (AvgIpc) is 2.52. The first-order valence-corrected chi connectivity index (χ1v) is 3.48. The Bertz CT molecular complexity index is 525. The molecular weight excluding hydrogens is 174 g/mol. The molecule has 2 rings (SSSR count). The van der Waals surface area contributed by atoms with Gasteiger partial charge in [0.15, 0.2) is 0 Å². The molecule has 6 nitrogen and oxygen atoms in total. The molecular formula is C7H5N3O3. The van der Waals surface area contributed by atoms with Gasteiger partial charge in [0, 0.05) is 18.6 Å². The van der Waals surface area contributed by atoms with Crippen LogP contribution in [0, 0.1) is 0 Å². The number of imidazole rings is 1. The van der Waals surface area contributed by atoms with E-state index in [9.17, 15) is 9.59 Å². The molecule has 0 amide bonds. The van der Waals surface area contributed by atoms with Gasteiger partial charge >= 0.3 is 5.97 Å². The molecule has 0 aliphatic carbocycles. The van der Waals surface area contributed by atoms with Crippen LogP contribution in [0.1, 0.15) is 10.4 Å². The zero-order valence-electron chi connectivity index (χ0n) is 6.39. The van der Waals surface area contributed by atoms with Crippen LogP contribution in [0.4, 0.5) is 0 Å². The van der Waals surface area contributed by atoms with Gasteiger partial charge in [-0.3, -0.25) is 9.89 Å². The lowest BCUT2D eigenvalue weighted by Crippen LogP contribution is -2.18. The number of aromatic amines is 1. The van der Waals surface area contributed by atoms with E-state index in [1.54, 1.807) is 0 Å². The Labute approximate surface area is 71.4 Å². The fourth-order valence-corrected chi connectivity index (χ4v) is 1.05. The van der Waals surface area contributed by atoms with Crippen molar-refractivity contribution in [2.24, 2.45) is 0 Å². The van der Waals surface area contributed by atoms with Gasteiger partial charge in [0.1, 0.15) is 5.56 Å². The van der Waals surface area contributed by atoms with Crippen LogP contribution >= 0.6 is 0 Å². The van der Waals surface area contributed by atoms with Crippen molar-refractivity contribution in [3.8, 4) is 0 Å². The predicted molar refractivity (Wildman–Crippen MR) is 42.8 cm³/mol. The summed E-state index contributed by atoms with van der Waals surface area (Å²) in [5.41, 5.74) is -0.810. The SMILES string of the molecule is O=C(O)c1c[nH]n2ccnc2c1=O. The lowest BCUT2D eigenvalue weighted by atomic mass is 10.3. The van der Waals surface area contributed by atoms with Crippen molar-refractivity contribution in [1.82, 2.24) is 14.6 Å². The number of hydrogen-bond acceptors (Lipinski definition) is 3. The normalized spacial score (nSPS) is 10.5. The minimum atomic E-state index is -1.26. The fourth-order valence-electron chi connectivity index (χ4n) is 1.05. The minimum absolute atomic E-state index is 0.0832. The number of aromatic nitrogens is 3. The van der Waals surface area contributed by atoms with Crippen LogP contribution < -0.4 is 5.43 Å². The first-order valence-electron chi connectivity index (χ1n) is 3.48. The second kappa shape index (κ2) is 2.44. The smallest absolute Gasteiger partial charge is 0.341 e. The van der Waals surface area contributed by atoms with E-state index in [0.29, 0.717) is 0 Å². The Morgan fingerprint density at radius 3 is 3.08 bits per heavy atom. The summed E-state index contributed by atoms with van der Waals surface area (Å²) in [5.74, 6) is -1.26. The summed E-state index contributed by atoms with van der Waals surface area (Å²) < 4.78 is 1.36. The Morgan fingerprint density at radius 2 is 2.38 bits per heavy atom. The van der Waals surface area contributed by atoms with Gasteiger partial charge in [0.2, 0.25) is 11.1 Å². The monoisotopic (exact) mass is 179 g/mol. The lowest BCUT2D eigenvalue weighted by Gasteiger charge is -1.94. The average molecular weight is 179 g/mol. The number of carboxylic acids is 1. The molecule has 0 aromatic carbocycles. The molecule has 0 radical (unpaired) electrons. The van der Waals surface area contributed by atoms with Gasteiger partial charge < -0.3 is 5.11 Å². The number of aromatic carboxylic acids is 1. The van der Waals surface area contributed by atoms with E-state index in [1.807, 2.05) is 0 Å². The standard InChI is InChI=1S/C7H5N3O3/c11-5-4(7(12)13)3-9-10-2-1-8-6(5)10/h1-3,9H,(H,12,13). The quantitative estimate of drug-likeness (QED) is 0.630. The van der Waals surface area contributed by atoms with Crippen molar-refractivity contribution in [2.45, 2.75) is 0 Å². The maximum absolute atomic E-state index is 11.3. The molecule has 66 valence electrons. The maximum Gasteiger partial charge on any atom is 0.341 e. The van der Waals surface area contributed by atoms with E-state index in [2.05, 4.69) is 10.1 Å². The molecule has 0 fully saturated rings. The van der Waals surface area contributed by atoms with Crippen LogP contribution in [0.2, 0.25) is 0 Å². The van der Waals surface area contributed by atoms with Gasteiger partial charge in [0.05, 0.1) is 0 Å². The third-order valence-electron chi connectivity index (χ3n) is 1.67. The van der Waals surface area contributed by atoms with Gasteiger partial charge in [-0.1, -0.05) is 0 Å². The van der Waals surface area contributed by atoms with Gasteiger partial charge in [-0.25, -0.2) is 14.3 Å². The third-order valence-corrected chi connectivity index (χ3v) is 1.67. The number of fused-ring (bicyclic) bond motifs is 1. The lowest BCUT2D eigenvalue weighted by molar-refractivity contribution is 0.0695. The van der Waals surface area contributed by atoms with Crippen molar-refractivity contribution in [1.29, 1.82) is 0 Å². The summed E-state index contributed by atoms with van der Waals surface area (Å²) in [6, 6.07) is 0. The zero-order valence-corrected chi connectivity index (χ0v) is 6.39. The van der Waals surface area contributed by atoms with Gasteiger partial charge in [-0.15, -0.1) is 0 Å². The highest BCUT2D eigenvalue weighted by molar-refractivity contribution is 5.88. The molecule has 6 heteroatoms.